The van der Waals surface area contributed by atoms with E-state index in [9.17, 15) is 0 Å². The molecule has 0 atom stereocenters. The Balaban J connectivity index is 1.61. The molecule has 0 aromatic carbocycles. The van der Waals surface area contributed by atoms with E-state index in [0.29, 0.717) is 0 Å². The molecule has 1 heterocycles. The summed E-state index contributed by atoms with van der Waals surface area (Å²) in [6, 6.07) is 1.53. The van der Waals surface area contributed by atoms with E-state index in [1.807, 2.05) is 0 Å². The number of likely N-dealkylation sites (tertiary alicyclic amines) is 1. The van der Waals surface area contributed by atoms with Gasteiger partial charge in [-0.1, -0.05) is 12.8 Å². The van der Waals surface area contributed by atoms with Crippen molar-refractivity contribution in [2.75, 3.05) is 19.6 Å². The van der Waals surface area contributed by atoms with Gasteiger partial charge in [0.1, 0.15) is 0 Å². The van der Waals surface area contributed by atoms with Gasteiger partial charge in [0, 0.05) is 12.1 Å². The second kappa shape index (κ2) is 6.02. The molecule has 1 aliphatic carbocycles. The molecule has 0 aromatic rings. The Morgan fingerprint density at radius 2 is 1.69 bits per heavy atom. The van der Waals surface area contributed by atoms with Crippen LogP contribution in [-0.2, 0) is 0 Å². The minimum Gasteiger partial charge on any atom is -0.314 e. The summed E-state index contributed by atoms with van der Waals surface area (Å²) in [6.45, 7) is 8.49. The van der Waals surface area contributed by atoms with Crippen LogP contribution in [0.5, 0.6) is 0 Å². The van der Waals surface area contributed by atoms with E-state index in [-0.39, 0.29) is 0 Å². The Labute approximate surface area is 101 Å². The molecule has 2 aliphatic rings. The van der Waals surface area contributed by atoms with Crippen LogP contribution in [0, 0.1) is 5.92 Å². The minimum absolute atomic E-state index is 0.732. The van der Waals surface area contributed by atoms with E-state index in [0.717, 1.165) is 18.0 Å². The Bertz CT molecular complexity index is 189. The highest BCUT2D eigenvalue weighted by Crippen LogP contribution is 2.24. The van der Waals surface area contributed by atoms with Crippen LogP contribution < -0.4 is 5.32 Å². The minimum atomic E-state index is 0.732. The summed E-state index contributed by atoms with van der Waals surface area (Å²) in [6.07, 6.45) is 8.59. The van der Waals surface area contributed by atoms with Gasteiger partial charge < -0.3 is 10.2 Å². The number of rotatable bonds is 4. The fourth-order valence-electron chi connectivity index (χ4n) is 3.17. The van der Waals surface area contributed by atoms with E-state index in [4.69, 9.17) is 0 Å². The SMILES string of the molecule is CC(C)N1CCC(NCC2CCCC2)CC1. The van der Waals surface area contributed by atoms with Crippen LogP contribution in [0.25, 0.3) is 0 Å². The molecule has 2 fully saturated rings. The Kier molecular flexibility index (Phi) is 4.66. The largest absolute Gasteiger partial charge is 0.314 e. The summed E-state index contributed by atoms with van der Waals surface area (Å²) in [7, 11) is 0. The van der Waals surface area contributed by atoms with Gasteiger partial charge in [-0.2, -0.15) is 0 Å². The molecule has 16 heavy (non-hydrogen) atoms. The first kappa shape index (κ1) is 12.4. The van der Waals surface area contributed by atoms with Crippen molar-refractivity contribution in [2.45, 2.75) is 64.5 Å². The van der Waals surface area contributed by atoms with Gasteiger partial charge in [0.2, 0.25) is 0 Å². The lowest BCUT2D eigenvalue weighted by Crippen LogP contribution is -2.45. The zero-order valence-corrected chi connectivity index (χ0v) is 11.0. The molecule has 0 bridgehead atoms. The Morgan fingerprint density at radius 1 is 1.06 bits per heavy atom. The molecule has 1 aliphatic heterocycles. The maximum Gasteiger partial charge on any atom is 0.00915 e. The van der Waals surface area contributed by atoms with Crippen molar-refractivity contribution in [3.63, 3.8) is 0 Å². The zero-order chi connectivity index (χ0) is 11.4. The van der Waals surface area contributed by atoms with Crippen molar-refractivity contribution in [3.8, 4) is 0 Å². The third-order valence-corrected chi connectivity index (χ3v) is 4.43. The highest BCUT2D eigenvalue weighted by molar-refractivity contribution is 4.80. The van der Waals surface area contributed by atoms with Gasteiger partial charge >= 0.3 is 0 Å². The number of hydrogen-bond donors (Lipinski definition) is 1. The summed E-state index contributed by atoms with van der Waals surface area (Å²) in [4.78, 5) is 2.60. The van der Waals surface area contributed by atoms with Crippen LogP contribution in [0.2, 0.25) is 0 Å². The maximum absolute atomic E-state index is 3.80. The van der Waals surface area contributed by atoms with Gasteiger partial charge in [-0.25, -0.2) is 0 Å². The number of nitrogens with one attached hydrogen (secondary N) is 1. The van der Waals surface area contributed by atoms with Crippen molar-refractivity contribution in [1.82, 2.24) is 10.2 Å². The second-order valence-electron chi connectivity index (χ2n) is 5.96. The molecule has 2 nitrogen and oxygen atoms in total. The number of piperidine rings is 1. The van der Waals surface area contributed by atoms with Crippen molar-refractivity contribution >= 4 is 0 Å². The summed E-state index contributed by atoms with van der Waals surface area (Å²) >= 11 is 0. The summed E-state index contributed by atoms with van der Waals surface area (Å²) in [5, 5.41) is 3.80. The lowest BCUT2D eigenvalue weighted by molar-refractivity contribution is 0.159. The lowest BCUT2D eigenvalue weighted by atomic mass is 10.0. The average molecular weight is 224 g/mol. The third kappa shape index (κ3) is 3.46. The third-order valence-electron chi connectivity index (χ3n) is 4.43. The topological polar surface area (TPSA) is 15.3 Å². The van der Waals surface area contributed by atoms with Crippen LogP contribution in [0.15, 0.2) is 0 Å². The number of hydrogen-bond acceptors (Lipinski definition) is 2. The first-order valence-electron chi connectivity index (χ1n) is 7.23. The standard InChI is InChI=1S/C14H28N2/c1-12(2)16-9-7-14(8-10-16)15-11-13-5-3-4-6-13/h12-15H,3-11H2,1-2H3. The Morgan fingerprint density at radius 3 is 2.25 bits per heavy atom. The molecule has 0 spiro atoms. The van der Waals surface area contributed by atoms with Gasteiger partial charge in [0.25, 0.3) is 0 Å². The van der Waals surface area contributed by atoms with Crippen molar-refractivity contribution in [3.05, 3.63) is 0 Å². The predicted octanol–water partition coefficient (Wildman–Crippen LogP) is 2.64. The van der Waals surface area contributed by atoms with Crippen LogP contribution in [0.4, 0.5) is 0 Å². The molecule has 0 unspecified atom stereocenters. The maximum atomic E-state index is 3.80. The average Bonchev–Trinajstić information content (AvgIpc) is 2.80. The van der Waals surface area contributed by atoms with Crippen molar-refractivity contribution < 1.29 is 0 Å². The van der Waals surface area contributed by atoms with Crippen LogP contribution >= 0.6 is 0 Å². The number of nitrogens with zero attached hydrogens (tertiary/aromatic N) is 1. The quantitative estimate of drug-likeness (QED) is 0.790. The van der Waals surface area contributed by atoms with Crippen molar-refractivity contribution in [2.24, 2.45) is 5.92 Å². The van der Waals surface area contributed by atoms with E-state index >= 15 is 0 Å². The smallest absolute Gasteiger partial charge is 0.00915 e. The van der Waals surface area contributed by atoms with Gasteiger partial charge in [0.15, 0.2) is 0 Å². The molecule has 1 N–H and O–H groups in total. The molecule has 0 radical (unpaired) electrons. The molecular weight excluding hydrogens is 196 g/mol. The van der Waals surface area contributed by atoms with Crippen molar-refractivity contribution in [1.29, 1.82) is 0 Å². The van der Waals surface area contributed by atoms with Gasteiger partial charge in [-0.15, -0.1) is 0 Å². The normalized spacial score (nSPS) is 25.7. The molecular formula is C14H28N2. The monoisotopic (exact) mass is 224 g/mol. The summed E-state index contributed by atoms with van der Waals surface area (Å²) < 4.78 is 0. The first-order chi connectivity index (χ1) is 7.75. The summed E-state index contributed by atoms with van der Waals surface area (Å²) in [5.74, 6) is 0.989. The first-order valence-corrected chi connectivity index (χ1v) is 7.23. The van der Waals surface area contributed by atoms with Gasteiger partial charge in [0.05, 0.1) is 0 Å². The molecule has 2 heteroatoms. The fraction of sp³-hybridized carbons (Fsp3) is 1.00. The zero-order valence-electron chi connectivity index (χ0n) is 11.0. The van der Waals surface area contributed by atoms with Gasteiger partial charge in [-0.05, 0) is 65.1 Å². The van der Waals surface area contributed by atoms with Crippen LogP contribution in [0.1, 0.15) is 52.4 Å². The molecule has 1 saturated carbocycles. The molecule has 0 aromatic heterocycles. The van der Waals surface area contributed by atoms with Gasteiger partial charge in [-0.3, -0.25) is 0 Å². The highest BCUT2D eigenvalue weighted by atomic mass is 15.2. The lowest BCUT2D eigenvalue weighted by Gasteiger charge is -2.35. The van der Waals surface area contributed by atoms with E-state index in [1.54, 1.807) is 0 Å². The van der Waals surface area contributed by atoms with E-state index in [2.05, 4.69) is 24.1 Å². The van der Waals surface area contributed by atoms with E-state index in [1.165, 1.54) is 58.2 Å². The predicted molar refractivity (Wildman–Crippen MR) is 69.7 cm³/mol. The molecule has 1 saturated heterocycles. The van der Waals surface area contributed by atoms with Crippen LogP contribution in [0.3, 0.4) is 0 Å². The fourth-order valence-corrected chi connectivity index (χ4v) is 3.17. The van der Waals surface area contributed by atoms with E-state index < -0.39 is 0 Å². The second-order valence-corrected chi connectivity index (χ2v) is 5.96. The molecule has 94 valence electrons. The highest BCUT2D eigenvalue weighted by Gasteiger charge is 2.22. The van der Waals surface area contributed by atoms with Crippen LogP contribution in [-0.4, -0.2) is 36.6 Å². The molecule has 0 amide bonds. The Hall–Kier alpha value is -0.0800. The molecule has 2 rings (SSSR count). The summed E-state index contributed by atoms with van der Waals surface area (Å²) in [5.41, 5.74) is 0.